The van der Waals surface area contributed by atoms with Crippen molar-refractivity contribution in [3.8, 4) is 17.1 Å². The van der Waals surface area contributed by atoms with Crippen LogP contribution in [-0.2, 0) is 17.8 Å². The normalized spacial score (nSPS) is 10.6. The Hall–Kier alpha value is -2.67. The lowest BCUT2D eigenvalue weighted by Gasteiger charge is -2.05. The summed E-state index contributed by atoms with van der Waals surface area (Å²) >= 11 is 3.10. The number of benzene rings is 2. The third-order valence-corrected chi connectivity index (χ3v) is 4.61. The maximum atomic E-state index is 13.5. The first kappa shape index (κ1) is 19.1. The zero-order valence-corrected chi connectivity index (χ0v) is 16.3. The van der Waals surface area contributed by atoms with E-state index in [4.69, 9.17) is 9.15 Å². The van der Waals surface area contributed by atoms with E-state index in [0.29, 0.717) is 28.1 Å². The van der Waals surface area contributed by atoms with E-state index in [1.165, 1.54) is 6.07 Å². The quantitative estimate of drug-likeness (QED) is 0.596. The Morgan fingerprint density at radius 2 is 2.04 bits per heavy atom. The number of hydrogen-bond donors (Lipinski definition) is 1. The van der Waals surface area contributed by atoms with Crippen LogP contribution >= 0.6 is 15.9 Å². The lowest BCUT2D eigenvalue weighted by molar-refractivity contribution is -0.121. The Labute approximate surface area is 164 Å². The molecule has 27 heavy (non-hydrogen) atoms. The number of rotatable bonds is 7. The van der Waals surface area contributed by atoms with Gasteiger partial charge in [-0.25, -0.2) is 9.37 Å². The highest BCUT2D eigenvalue weighted by Crippen LogP contribution is 2.23. The van der Waals surface area contributed by atoms with Crippen molar-refractivity contribution < 1.29 is 18.3 Å². The van der Waals surface area contributed by atoms with Crippen LogP contribution in [0.15, 0.2) is 57.6 Å². The van der Waals surface area contributed by atoms with Gasteiger partial charge in [0, 0.05) is 24.9 Å². The van der Waals surface area contributed by atoms with Gasteiger partial charge in [-0.2, -0.15) is 0 Å². The maximum Gasteiger partial charge on any atom is 0.220 e. The van der Waals surface area contributed by atoms with Gasteiger partial charge in [0.25, 0.3) is 0 Å². The van der Waals surface area contributed by atoms with Gasteiger partial charge >= 0.3 is 0 Å². The molecule has 3 rings (SSSR count). The first-order valence-electron chi connectivity index (χ1n) is 8.35. The summed E-state index contributed by atoms with van der Waals surface area (Å²) in [5.74, 6) is 1.39. The van der Waals surface area contributed by atoms with Crippen LogP contribution in [0, 0.1) is 5.82 Å². The number of amides is 1. The molecule has 3 aromatic rings. The van der Waals surface area contributed by atoms with Gasteiger partial charge in [-0.1, -0.05) is 6.07 Å². The van der Waals surface area contributed by atoms with E-state index in [1.807, 2.05) is 24.3 Å². The molecule has 1 heterocycles. The Bertz CT molecular complexity index is 925. The summed E-state index contributed by atoms with van der Waals surface area (Å²) in [5.41, 5.74) is 1.58. The minimum absolute atomic E-state index is 0.150. The fraction of sp³-hybridized carbons (Fsp3) is 0.200. The third-order valence-electron chi connectivity index (χ3n) is 3.97. The minimum Gasteiger partial charge on any atom is -0.497 e. The van der Waals surface area contributed by atoms with Crippen LogP contribution in [0.1, 0.15) is 17.9 Å². The van der Waals surface area contributed by atoms with Gasteiger partial charge in [-0.15, -0.1) is 0 Å². The summed E-state index contributed by atoms with van der Waals surface area (Å²) in [6.07, 6.45) is 2.26. The third kappa shape index (κ3) is 5.17. The van der Waals surface area contributed by atoms with E-state index >= 15 is 0 Å². The molecule has 0 spiro atoms. The van der Waals surface area contributed by atoms with Crippen molar-refractivity contribution in [1.29, 1.82) is 0 Å². The summed E-state index contributed by atoms with van der Waals surface area (Å²) < 4.78 is 24.7. The second-order valence-corrected chi connectivity index (χ2v) is 6.73. The summed E-state index contributed by atoms with van der Waals surface area (Å²) in [6, 6.07) is 12.2. The Balaban J connectivity index is 1.50. The highest BCUT2D eigenvalue weighted by Gasteiger charge is 2.10. The van der Waals surface area contributed by atoms with Gasteiger partial charge in [-0.05, 0) is 57.9 Å². The highest BCUT2D eigenvalue weighted by molar-refractivity contribution is 9.10. The van der Waals surface area contributed by atoms with Crippen LogP contribution in [0.3, 0.4) is 0 Å². The van der Waals surface area contributed by atoms with Crippen LogP contribution in [0.25, 0.3) is 11.3 Å². The smallest absolute Gasteiger partial charge is 0.220 e. The van der Waals surface area contributed by atoms with Crippen molar-refractivity contribution in [2.24, 2.45) is 0 Å². The predicted molar refractivity (Wildman–Crippen MR) is 103 cm³/mol. The van der Waals surface area contributed by atoms with Gasteiger partial charge in [0.2, 0.25) is 5.91 Å². The van der Waals surface area contributed by atoms with E-state index in [2.05, 4.69) is 26.2 Å². The van der Waals surface area contributed by atoms with Crippen molar-refractivity contribution in [3.05, 3.63) is 70.4 Å². The lowest BCUT2D eigenvalue weighted by Crippen LogP contribution is -2.23. The van der Waals surface area contributed by atoms with Gasteiger partial charge < -0.3 is 14.5 Å². The zero-order valence-electron chi connectivity index (χ0n) is 14.7. The number of halogens is 2. The number of aromatic nitrogens is 1. The highest BCUT2D eigenvalue weighted by atomic mass is 79.9. The predicted octanol–water partition coefficient (Wildman–Crippen LogP) is 4.50. The molecule has 0 aliphatic rings. The standard InChI is InChI=1S/C20H18BrFN2O3/c1-26-15-5-3-14(4-6-15)18-12-24-20(27-18)9-8-19(25)23-11-13-2-7-16(21)17(22)10-13/h2-7,10,12H,8-9,11H2,1H3,(H,23,25). The number of oxazole rings is 1. The molecular formula is C20H18BrFN2O3. The average Bonchev–Trinajstić information content (AvgIpc) is 3.16. The number of nitrogens with one attached hydrogen (secondary N) is 1. The molecule has 0 saturated heterocycles. The van der Waals surface area contributed by atoms with Crippen molar-refractivity contribution in [2.75, 3.05) is 7.11 Å². The summed E-state index contributed by atoms with van der Waals surface area (Å²) in [6.45, 7) is 0.270. The number of aryl methyl sites for hydroxylation is 1. The van der Waals surface area contributed by atoms with Crippen LogP contribution < -0.4 is 10.1 Å². The molecule has 7 heteroatoms. The number of nitrogens with zero attached hydrogens (tertiary/aromatic N) is 1. The van der Waals surface area contributed by atoms with Crippen LogP contribution in [0.4, 0.5) is 4.39 Å². The molecule has 0 fully saturated rings. The molecule has 1 amide bonds. The number of carbonyl (C=O) groups excluding carboxylic acids is 1. The largest absolute Gasteiger partial charge is 0.497 e. The Kier molecular flexibility index (Phi) is 6.24. The first-order valence-corrected chi connectivity index (χ1v) is 9.14. The number of methoxy groups -OCH3 is 1. The van der Waals surface area contributed by atoms with E-state index in [-0.39, 0.29) is 24.7 Å². The molecule has 0 bridgehead atoms. The number of ether oxygens (including phenoxy) is 1. The molecule has 0 aliphatic heterocycles. The molecule has 0 unspecified atom stereocenters. The number of carbonyl (C=O) groups is 1. The van der Waals surface area contributed by atoms with Crippen LogP contribution in [0.5, 0.6) is 5.75 Å². The SMILES string of the molecule is COc1ccc(-c2cnc(CCC(=O)NCc3ccc(Br)c(F)c3)o2)cc1. The Morgan fingerprint density at radius 3 is 2.74 bits per heavy atom. The molecule has 0 atom stereocenters. The molecule has 2 aromatic carbocycles. The molecule has 0 radical (unpaired) electrons. The molecule has 0 saturated carbocycles. The summed E-state index contributed by atoms with van der Waals surface area (Å²) in [4.78, 5) is 16.2. The maximum absolute atomic E-state index is 13.5. The lowest BCUT2D eigenvalue weighted by atomic mass is 10.2. The van der Waals surface area contributed by atoms with Crippen LogP contribution in [0.2, 0.25) is 0 Å². The average molecular weight is 433 g/mol. The van der Waals surface area contributed by atoms with E-state index in [0.717, 1.165) is 11.3 Å². The van der Waals surface area contributed by atoms with E-state index in [9.17, 15) is 9.18 Å². The van der Waals surface area contributed by atoms with Crippen molar-refractivity contribution >= 4 is 21.8 Å². The molecule has 140 valence electrons. The second kappa shape index (κ2) is 8.81. The van der Waals surface area contributed by atoms with Crippen LogP contribution in [-0.4, -0.2) is 18.0 Å². The van der Waals surface area contributed by atoms with Crippen molar-refractivity contribution in [1.82, 2.24) is 10.3 Å². The minimum atomic E-state index is -0.354. The molecule has 1 aromatic heterocycles. The molecule has 5 nitrogen and oxygen atoms in total. The van der Waals surface area contributed by atoms with E-state index in [1.54, 1.807) is 25.4 Å². The zero-order chi connectivity index (χ0) is 19.2. The van der Waals surface area contributed by atoms with Gasteiger partial charge in [0.05, 0.1) is 17.8 Å². The van der Waals surface area contributed by atoms with Gasteiger partial charge in [0.1, 0.15) is 11.6 Å². The monoisotopic (exact) mass is 432 g/mol. The van der Waals surface area contributed by atoms with Gasteiger partial charge in [-0.3, -0.25) is 4.79 Å². The fourth-order valence-electron chi connectivity index (χ4n) is 2.47. The first-order chi connectivity index (χ1) is 13.0. The topological polar surface area (TPSA) is 64.4 Å². The number of hydrogen-bond acceptors (Lipinski definition) is 4. The van der Waals surface area contributed by atoms with Crippen molar-refractivity contribution in [3.63, 3.8) is 0 Å². The summed E-state index contributed by atoms with van der Waals surface area (Å²) in [7, 11) is 1.61. The second-order valence-electron chi connectivity index (χ2n) is 5.87. The molecule has 0 aliphatic carbocycles. The fourth-order valence-corrected chi connectivity index (χ4v) is 2.72. The van der Waals surface area contributed by atoms with E-state index < -0.39 is 0 Å². The molecular weight excluding hydrogens is 415 g/mol. The van der Waals surface area contributed by atoms with Crippen molar-refractivity contribution in [2.45, 2.75) is 19.4 Å². The Morgan fingerprint density at radius 1 is 1.26 bits per heavy atom. The molecule has 1 N–H and O–H groups in total. The van der Waals surface area contributed by atoms with Gasteiger partial charge in [0.15, 0.2) is 11.7 Å². The summed E-state index contributed by atoms with van der Waals surface area (Å²) in [5, 5.41) is 2.76.